The Bertz CT molecular complexity index is 510. The first-order chi connectivity index (χ1) is 9.12. The lowest BCUT2D eigenvalue weighted by atomic mass is 9.80. The lowest BCUT2D eigenvalue weighted by Crippen LogP contribution is -2.51. The minimum atomic E-state index is -0.207. The van der Waals surface area contributed by atoms with Crippen molar-refractivity contribution < 1.29 is 4.79 Å². The molecule has 20 heavy (non-hydrogen) atoms. The van der Waals surface area contributed by atoms with Gasteiger partial charge in [0, 0.05) is 16.2 Å². The maximum Gasteiger partial charge on any atom is 0.231 e. The van der Waals surface area contributed by atoms with E-state index in [1.807, 2.05) is 11.0 Å². The smallest absolute Gasteiger partial charge is 0.231 e. The molecule has 0 radical (unpaired) electrons. The minimum Gasteiger partial charge on any atom is -0.306 e. The van der Waals surface area contributed by atoms with Crippen LogP contribution in [-0.4, -0.2) is 17.2 Å². The number of nitrogens with zero attached hydrogens (tertiary/aromatic N) is 1. The number of thioether (sulfide) groups is 1. The average molecular weight is 291 g/mol. The second-order valence-corrected chi connectivity index (χ2v) is 8.60. The van der Waals surface area contributed by atoms with Crippen molar-refractivity contribution in [3.8, 4) is 0 Å². The van der Waals surface area contributed by atoms with Gasteiger partial charge in [-0.1, -0.05) is 32.9 Å². The number of benzene rings is 1. The summed E-state index contributed by atoms with van der Waals surface area (Å²) in [6.07, 6.45) is 0. The maximum absolute atomic E-state index is 13.1. The molecular formula is C17H25NOS. The van der Waals surface area contributed by atoms with Crippen molar-refractivity contribution >= 4 is 23.4 Å². The summed E-state index contributed by atoms with van der Waals surface area (Å²) in [4.78, 5) is 16.3. The standard InChI is InChI=1S/C17H25NOS/c1-16(2,3)12-11-20-14-10-8-7-9-13(14)18(15(12)19)17(4,5)6/h7-10,12H,11H2,1-6H3. The molecule has 0 aliphatic carbocycles. The van der Waals surface area contributed by atoms with Crippen molar-refractivity contribution in [1.82, 2.24) is 0 Å². The molecule has 110 valence electrons. The minimum absolute atomic E-state index is 0.0182. The Labute approximate surface area is 126 Å². The predicted octanol–water partition coefficient (Wildman–Crippen LogP) is 4.59. The van der Waals surface area contributed by atoms with Crippen LogP contribution in [0.15, 0.2) is 29.2 Å². The molecule has 0 spiro atoms. The molecule has 1 aromatic rings. The van der Waals surface area contributed by atoms with Gasteiger partial charge in [-0.2, -0.15) is 0 Å². The molecule has 0 aromatic heterocycles. The summed E-state index contributed by atoms with van der Waals surface area (Å²) >= 11 is 1.81. The molecule has 1 amide bonds. The van der Waals surface area contributed by atoms with Gasteiger partial charge in [0.25, 0.3) is 0 Å². The van der Waals surface area contributed by atoms with E-state index in [4.69, 9.17) is 0 Å². The van der Waals surface area contributed by atoms with E-state index in [1.165, 1.54) is 4.90 Å². The fourth-order valence-corrected chi connectivity index (χ4v) is 4.07. The second kappa shape index (κ2) is 5.10. The zero-order valence-corrected chi connectivity index (χ0v) is 14.2. The lowest BCUT2D eigenvalue weighted by molar-refractivity contribution is -0.125. The Morgan fingerprint density at radius 1 is 1.10 bits per heavy atom. The Morgan fingerprint density at radius 2 is 1.70 bits per heavy atom. The number of anilines is 1. The predicted molar refractivity (Wildman–Crippen MR) is 87.4 cm³/mol. The Balaban J connectivity index is 2.55. The highest BCUT2D eigenvalue weighted by atomic mass is 32.2. The summed E-state index contributed by atoms with van der Waals surface area (Å²) in [5.41, 5.74) is 0.832. The second-order valence-electron chi connectivity index (χ2n) is 7.54. The van der Waals surface area contributed by atoms with E-state index in [2.05, 4.69) is 59.7 Å². The van der Waals surface area contributed by atoms with E-state index >= 15 is 0 Å². The highest BCUT2D eigenvalue weighted by Crippen LogP contribution is 2.43. The van der Waals surface area contributed by atoms with Crippen LogP contribution in [0.2, 0.25) is 0 Å². The monoisotopic (exact) mass is 291 g/mol. The van der Waals surface area contributed by atoms with Gasteiger partial charge >= 0.3 is 0 Å². The van der Waals surface area contributed by atoms with Crippen molar-refractivity contribution in [2.45, 2.75) is 52.0 Å². The topological polar surface area (TPSA) is 20.3 Å². The molecule has 1 aliphatic rings. The number of rotatable bonds is 0. The lowest BCUT2D eigenvalue weighted by Gasteiger charge is -2.39. The number of para-hydroxylation sites is 1. The molecule has 0 fully saturated rings. The van der Waals surface area contributed by atoms with E-state index in [1.54, 1.807) is 11.8 Å². The van der Waals surface area contributed by atoms with Crippen LogP contribution in [-0.2, 0) is 4.79 Å². The first-order valence-electron chi connectivity index (χ1n) is 7.18. The van der Waals surface area contributed by atoms with Crippen LogP contribution in [0.4, 0.5) is 5.69 Å². The van der Waals surface area contributed by atoms with Crippen LogP contribution >= 0.6 is 11.8 Å². The summed E-state index contributed by atoms with van der Waals surface area (Å²) in [5.74, 6) is 1.15. The average Bonchev–Trinajstić information content (AvgIpc) is 2.42. The third-order valence-electron chi connectivity index (χ3n) is 3.75. The van der Waals surface area contributed by atoms with Crippen LogP contribution in [0.1, 0.15) is 41.5 Å². The molecule has 1 atom stereocenters. The number of hydrogen-bond acceptors (Lipinski definition) is 2. The number of fused-ring (bicyclic) bond motifs is 1. The third kappa shape index (κ3) is 2.88. The van der Waals surface area contributed by atoms with Gasteiger partial charge in [-0.15, -0.1) is 11.8 Å². The molecular weight excluding hydrogens is 266 g/mol. The van der Waals surface area contributed by atoms with Crippen molar-refractivity contribution in [1.29, 1.82) is 0 Å². The van der Waals surface area contributed by atoms with Gasteiger partial charge in [0.15, 0.2) is 0 Å². The fourth-order valence-electron chi connectivity index (χ4n) is 2.60. The van der Waals surface area contributed by atoms with E-state index in [-0.39, 0.29) is 22.8 Å². The van der Waals surface area contributed by atoms with Crippen LogP contribution < -0.4 is 4.90 Å². The van der Waals surface area contributed by atoms with Crippen LogP contribution in [0, 0.1) is 11.3 Å². The van der Waals surface area contributed by atoms with Gasteiger partial charge < -0.3 is 4.90 Å². The molecule has 1 unspecified atom stereocenters. The van der Waals surface area contributed by atoms with Crippen LogP contribution in [0.5, 0.6) is 0 Å². The number of carbonyl (C=O) groups excluding carboxylic acids is 1. The van der Waals surface area contributed by atoms with Gasteiger partial charge in [0.1, 0.15) is 0 Å². The Hall–Kier alpha value is -0.960. The molecule has 1 aromatic carbocycles. The van der Waals surface area contributed by atoms with Crippen molar-refractivity contribution in [3.05, 3.63) is 24.3 Å². The van der Waals surface area contributed by atoms with Gasteiger partial charge in [-0.3, -0.25) is 4.79 Å². The number of carbonyl (C=O) groups is 1. The summed E-state index contributed by atoms with van der Waals surface area (Å²) in [6.45, 7) is 12.8. The first kappa shape index (κ1) is 15.4. The highest BCUT2D eigenvalue weighted by molar-refractivity contribution is 7.99. The number of hydrogen-bond donors (Lipinski definition) is 0. The molecule has 2 rings (SSSR count). The molecule has 0 N–H and O–H groups in total. The van der Waals surface area contributed by atoms with Gasteiger partial charge in [0.05, 0.1) is 11.6 Å². The maximum atomic E-state index is 13.1. The molecule has 0 bridgehead atoms. The first-order valence-corrected chi connectivity index (χ1v) is 8.17. The summed E-state index contributed by atoms with van der Waals surface area (Å²) in [5, 5.41) is 0. The van der Waals surface area contributed by atoms with E-state index in [0.717, 1.165) is 11.4 Å². The Kier molecular flexibility index (Phi) is 3.94. The van der Waals surface area contributed by atoms with Crippen molar-refractivity contribution in [2.24, 2.45) is 11.3 Å². The van der Waals surface area contributed by atoms with Crippen molar-refractivity contribution in [3.63, 3.8) is 0 Å². The summed E-state index contributed by atoms with van der Waals surface area (Å²) in [6, 6.07) is 8.25. The molecule has 1 heterocycles. The quantitative estimate of drug-likeness (QED) is 0.697. The van der Waals surface area contributed by atoms with Gasteiger partial charge in [0.2, 0.25) is 5.91 Å². The highest BCUT2D eigenvalue weighted by Gasteiger charge is 2.41. The van der Waals surface area contributed by atoms with E-state index in [0.29, 0.717) is 0 Å². The van der Waals surface area contributed by atoms with Crippen molar-refractivity contribution in [2.75, 3.05) is 10.7 Å². The zero-order chi connectivity index (χ0) is 15.1. The van der Waals surface area contributed by atoms with Crippen LogP contribution in [0.25, 0.3) is 0 Å². The van der Waals surface area contributed by atoms with Gasteiger partial charge in [-0.05, 0) is 38.3 Å². The SMILES string of the molecule is CC(C)(C)C1CSc2ccccc2N(C(C)(C)C)C1=O. The number of amides is 1. The Morgan fingerprint density at radius 3 is 2.25 bits per heavy atom. The molecule has 0 saturated heterocycles. The van der Waals surface area contributed by atoms with E-state index in [9.17, 15) is 4.79 Å². The molecule has 3 heteroatoms. The normalized spacial score (nSPS) is 20.6. The third-order valence-corrected chi connectivity index (χ3v) is 4.90. The van der Waals surface area contributed by atoms with Gasteiger partial charge in [-0.25, -0.2) is 0 Å². The largest absolute Gasteiger partial charge is 0.306 e. The summed E-state index contributed by atoms with van der Waals surface area (Å²) in [7, 11) is 0. The fraction of sp³-hybridized carbons (Fsp3) is 0.588. The molecule has 2 nitrogen and oxygen atoms in total. The zero-order valence-electron chi connectivity index (χ0n) is 13.4. The molecule has 1 aliphatic heterocycles. The molecule has 0 saturated carbocycles. The summed E-state index contributed by atoms with van der Waals surface area (Å²) < 4.78 is 0. The van der Waals surface area contributed by atoms with Crippen LogP contribution in [0.3, 0.4) is 0 Å². The van der Waals surface area contributed by atoms with E-state index < -0.39 is 0 Å².